The number of carbonyl (C=O) groups is 2. The fraction of sp³-hybridized carbons (Fsp3) is 0.333. The molecule has 2 N–H and O–H groups in total. The van der Waals surface area contributed by atoms with E-state index in [1.54, 1.807) is 12.1 Å². The number of hydrogen-bond donors (Lipinski definition) is 2. The molecule has 23 heavy (non-hydrogen) atoms. The smallest absolute Gasteiger partial charge is 0.287 e. The summed E-state index contributed by atoms with van der Waals surface area (Å²) in [5, 5.41) is 5.64. The highest BCUT2D eigenvalue weighted by Gasteiger charge is 2.26. The number of benzene rings is 1. The molecule has 5 nitrogen and oxygen atoms in total. The molecule has 1 heterocycles. The van der Waals surface area contributed by atoms with Crippen molar-refractivity contribution < 1.29 is 14.0 Å². The first-order valence-corrected chi connectivity index (χ1v) is 7.76. The second kappa shape index (κ2) is 7.63. The van der Waals surface area contributed by atoms with E-state index in [9.17, 15) is 9.59 Å². The van der Waals surface area contributed by atoms with E-state index in [1.165, 1.54) is 6.26 Å². The molecule has 0 aliphatic heterocycles. The minimum Gasteiger partial charge on any atom is -0.459 e. The molecule has 0 saturated heterocycles. The van der Waals surface area contributed by atoms with E-state index in [4.69, 9.17) is 4.42 Å². The van der Waals surface area contributed by atoms with E-state index >= 15 is 0 Å². The van der Waals surface area contributed by atoms with Crippen molar-refractivity contribution in [1.82, 2.24) is 5.32 Å². The summed E-state index contributed by atoms with van der Waals surface area (Å²) >= 11 is 0. The Morgan fingerprint density at radius 1 is 1.13 bits per heavy atom. The lowest BCUT2D eigenvalue weighted by Gasteiger charge is -2.22. The highest BCUT2D eigenvalue weighted by atomic mass is 16.3. The summed E-state index contributed by atoms with van der Waals surface area (Å²) in [5.74, 6) is -0.492. The average Bonchev–Trinajstić information content (AvgIpc) is 3.07. The van der Waals surface area contributed by atoms with Crippen molar-refractivity contribution in [3.05, 3.63) is 54.0 Å². The minimum absolute atomic E-state index is 0.0531. The molecule has 5 heteroatoms. The summed E-state index contributed by atoms with van der Waals surface area (Å²) in [5.41, 5.74) is 1.83. The Labute approximate surface area is 136 Å². The third-order valence-electron chi connectivity index (χ3n) is 3.64. The summed E-state index contributed by atoms with van der Waals surface area (Å²) in [6.07, 6.45) is 2.25. The van der Waals surface area contributed by atoms with E-state index in [0.717, 1.165) is 17.7 Å². The molecule has 1 aromatic carbocycles. The summed E-state index contributed by atoms with van der Waals surface area (Å²) in [6.45, 7) is 5.81. The minimum atomic E-state index is -0.641. The van der Waals surface area contributed by atoms with Crippen molar-refractivity contribution in [1.29, 1.82) is 0 Å². The molecule has 0 aliphatic rings. The van der Waals surface area contributed by atoms with Gasteiger partial charge in [-0.3, -0.25) is 9.59 Å². The number of para-hydroxylation sites is 1. The Bertz CT molecular complexity index is 663. The zero-order chi connectivity index (χ0) is 16.8. The van der Waals surface area contributed by atoms with E-state index in [1.807, 2.05) is 45.0 Å². The predicted molar refractivity (Wildman–Crippen MR) is 89.2 cm³/mol. The number of anilines is 1. The molecule has 0 spiro atoms. The van der Waals surface area contributed by atoms with Gasteiger partial charge in [0.25, 0.3) is 5.91 Å². The van der Waals surface area contributed by atoms with Gasteiger partial charge in [0, 0.05) is 5.69 Å². The summed E-state index contributed by atoms with van der Waals surface area (Å²) < 4.78 is 5.07. The van der Waals surface area contributed by atoms with Crippen molar-refractivity contribution >= 4 is 17.5 Å². The molecule has 0 fully saturated rings. The second-order valence-electron chi connectivity index (χ2n) is 5.67. The number of hydrogen-bond acceptors (Lipinski definition) is 3. The Hall–Kier alpha value is -2.56. The molecule has 0 saturated carbocycles. The highest BCUT2D eigenvalue weighted by Crippen LogP contribution is 2.17. The first-order valence-electron chi connectivity index (χ1n) is 7.76. The number of furan rings is 1. The van der Waals surface area contributed by atoms with Gasteiger partial charge in [-0.15, -0.1) is 0 Å². The molecule has 122 valence electrons. The van der Waals surface area contributed by atoms with Gasteiger partial charge in [0.2, 0.25) is 5.91 Å². The topological polar surface area (TPSA) is 71.3 Å². The van der Waals surface area contributed by atoms with Crippen LogP contribution in [0.15, 0.2) is 47.1 Å². The van der Waals surface area contributed by atoms with Crippen LogP contribution in [0, 0.1) is 5.92 Å². The molecule has 0 aliphatic carbocycles. The van der Waals surface area contributed by atoms with E-state index in [2.05, 4.69) is 10.6 Å². The number of carbonyl (C=O) groups excluding carboxylic acids is 2. The fourth-order valence-electron chi connectivity index (χ4n) is 2.32. The molecule has 2 rings (SSSR count). The lowest BCUT2D eigenvalue weighted by atomic mass is 10.0. The van der Waals surface area contributed by atoms with Crippen LogP contribution in [0.4, 0.5) is 5.69 Å². The quantitative estimate of drug-likeness (QED) is 0.860. The van der Waals surface area contributed by atoms with E-state index < -0.39 is 11.9 Å². The number of rotatable bonds is 6. The van der Waals surface area contributed by atoms with Gasteiger partial charge < -0.3 is 15.1 Å². The van der Waals surface area contributed by atoms with Crippen molar-refractivity contribution in [3.8, 4) is 0 Å². The zero-order valence-electron chi connectivity index (χ0n) is 13.6. The first-order chi connectivity index (χ1) is 11.0. The maximum Gasteiger partial charge on any atom is 0.287 e. The van der Waals surface area contributed by atoms with Gasteiger partial charge >= 0.3 is 0 Å². The van der Waals surface area contributed by atoms with Crippen LogP contribution in [0.3, 0.4) is 0 Å². The van der Waals surface area contributed by atoms with Crippen LogP contribution in [0.5, 0.6) is 0 Å². The van der Waals surface area contributed by atoms with Gasteiger partial charge in [0.1, 0.15) is 6.04 Å². The molecular formula is C18H22N2O3. The van der Waals surface area contributed by atoms with Crippen molar-refractivity contribution in [2.45, 2.75) is 33.2 Å². The van der Waals surface area contributed by atoms with Crippen molar-refractivity contribution in [3.63, 3.8) is 0 Å². The fourth-order valence-corrected chi connectivity index (χ4v) is 2.32. The first kappa shape index (κ1) is 16.8. The Morgan fingerprint density at radius 2 is 1.87 bits per heavy atom. The lowest BCUT2D eigenvalue weighted by Crippen LogP contribution is -2.47. The van der Waals surface area contributed by atoms with Gasteiger partial charge in [0.15, 0.2) is 5.76 Å². The summed E-state index contributed by atoms with van der Waals surface area (Å²) in [4.78, 5) is 24.7. The second-order valence-corrected chi connectivity index (χ2v) is 5.67. The summed E-state index contributed by atoms with van der Waals surface area (Å²) in [6, 6.07) is 10.2. The lowest BCUT2D eigenvalue weighted by molar-refractivity contribution is -0.118. The van der Waals surface area contributed by atoms with Crippen LogP contribution < -0.4 is 10.6 Å². The van der Waals surface area contributed by atoms with Gasteiger partial charge in [-0.25, -0.2) is 0 Å². The predicted octanol–water partition coefficient (Wildman–Crippen LogP) is 3.24. The third-order valence-corrected chi connectivity index (χ3v) is 3.64. The highest BCUT2D eigenvalue weighted by molar-refractivity contribution is 6.00. The number of nitrogens with one attached hydrogen (secondary N) is 2. The molecule has 0 unspecified atom stereocenters. The monoisotopic (exact) mass is 314 g/mol. The molecule has 2 amide bonds. The Morgan fingerprint density at radius 3 is 2.48 bits per heavy atom. The van der Waals surface area contributed by atoms with Crippen LogP contribution in [0.25, 0.3) is 0 Å². The van der Waals surface area contributed by atoms with Crippen molar-refractivity contribution in [2.24, 2.45) is 5.92 Å². The Kier molecular flexibility index (Phi) is 5.57. The van der Waals surface area contributed by atoms with Crippen LogP contribution in [-0.2, 0) is 11.2 Å². The van der Waals surface area contributed by atoms with Gasteiger partial charge in [-0.1, -0.05) is 39.0 Å². The van der Waals surface area contributed by atoms with Gasteiger partial charge in [-0.2, -0.15) is 0 Å². The van der Waals surface area contributed by atoms with Crippen LogP contribution in [-0.4, -0.2) is 17.9 Å². The standard InChI is InChI=1S/C18H22N2O3/c1-4-13-8-5-6-9-14(13)19-18(22)16(12(2)3)20-17(21)15-10-7-11-23-15/h5-12,16H,4H2,1-3H3,(H,19,22)(H,20,21)/t16-/m0/s1. The van der Waals surface area contributed by atoms with Crippen molar-refractivity contribution in [2.75, 3.05) is 5.32 Å². The molecule has 1 aromatic heterocycles. The molecule has 0 radical (unpaired) electrons. The van der Waals surface area contributed by atoms with Crippen LogP contribution in [0.1, 0.15) is 36.9 Å². The number of amides is 2. The average molecular weight is 314 g/mol. The SMILES string of the molecule is CCc1ccccc1NC(=O)[C@@H](NC(=O)c1ccco1)C(C)C. The molecular weight excluding hydrogens is 292 g/mol. The largest absolute Gasteiger partial charge is 0.459 e. The normalized spacial score (nSPS) is 12.0. The maximum absolute atomic E-state index is 12.6. The van der Waals surface area contributed by atoms with Crippen LogP contribution >= 0.6 is 0 Å². The Balaban J connectivity index is 2.11. The van der Waals surface area contributed by atoms with Gasteiger partial charge in [-0.05, 0) is 36.1 Å². The molecule has 2 aromatic rings. The van der Waals surface area contributed by atoms with Gasteiger partial charge in [0.05, 0.1) is 6.26 Å². The number of aryl methyl sites for hydroxylation is 1. The van der Waals surface area contributed by atoms with E-state index in [0.29, 0.717) is 0 Å². The zero-order valence-corrected chi connectivity index (χ0v) is 13.6. The summed E-state index contributed by atoms with van der Waals surface area (Å²) in [7, 11) is 0. The molecule has 0 bridgehead atoms. The molecule has 1 atom stereocenters. The van der Waals surface area contributed by atoms with E-state index in [-0.39, 0.29) is 17.6 Å². The maximum atomic E-state index is 12.6. The third kappa shape index (κ3) is 4.22. The van der Waals surface area contributed by atoms with Crippen LogP contribution in [0.2, 0.25) is 0 Å².